The molecule has 0 aromatic rings. The Hall–Kier alpha value is -1.07. The number of aliphatic hydroxyl groups excluding tert-OH is 1. The second-order valence-corrected chi connectivity index (χ2v) is 15.0. The molecule has 2 saturated heterocycles. The summed E-state index contributed by atoms with van der Waals surface area (Å²) in [6.07, 6.45) is 7.46. The molecule has 9 nitrogen and oxygen atoms in total. The van der Waals surface area contributed by atoms with E-state index in [-0.39, 0.29) is 60.2 Å². The summed E-state index contributed by atoms with van der Waals surface area (Å²) in [4.78, 5) is 11.9. The van der Waals surface area contributed by atoms with Crippen LogP contribution in [0.25, 0.3) is 0 Å². The normalized spacial score (nSPS) is 54.0. The quantitative estimate of drug-likeness (QED) is 0.341. The molecule has 3 N–H and O–H groups in total. The molecule has 3 aliphatic heterocycles. The molecule has 4 aliphatic carbocycles. The van der Waals surface area contributed by atoms with Crippen LogP contribution in [0.5, 0.6) is 0 Å². The van der Waals surface area contributed by atoms with Gasteiger partial charge in [0, 0.05) is 29.7 Å². The summed E-state index contributed by atoms with van der Waals surface area (Å²) in [5.41, 5.74) is -1.98. The van der Waals surface area contributed by atoms with Gasteiger partial charge in [0.05, 0.1) is 36.1 Å². The molecule has 7 aliphatic rings. The lowest BCUT2D eigenvalue weighted by Crippen LogP contribution is -2.69. The molecule has 0 amide bonds. The van der Waals surface area contributed by atoms with Crippen molar-refractivity contribution >= 4 is 5.97 Å². The lowest BCUT2D eigenvalue weighted by molar-refractivity contribution is -0.292. The van der Waals surface area contributed by atoms with Crippen molar-refractivity contribution in [1.29, 1.82) is 0 Å². The van der Waals surface area contributed by atoms with E-state index in [1.165, 1.54) is 0 Å². The fourth-order valence-corrected chi connectivity index (χ4v) is 10.9. The van der Waals surface area contributed by atoms with E-state index < -0.39 is 28.7 Å². The number of carbonyl (C=O) groups is 1. The number of cyclic esters (lactones) is 1. The fourth-order valence-electron chi connectivity index (χ4n) is 10.9. The monoisotopic (exact) mass is 576 g/mol. The Balaban J connectivity index is 1.08. The Morgan fingerprint density at radius 1 is 1.00 bits per heavy atom. The maximum Gasteiger partial charge on any atom is 0.331 e. The van der Waals surface area contributed by atoms with Gasteiger partial charge in [0.2, 0.25) is 0 Å². The topological polar surface area (TPSA) is 124 Å². The van der Waals surface area contributed by atoms with Crippen LogP contribution in [0.2, 0.25) is 0 Å². The minimum atomic E-state index is -1.07. The second kappa shape index (κ2) is 9.46. The van der Waals surface area contributed by atoms with Gasteiger partial charge in [0.1, 0.15) is 12.7 Å². The highest BCUT2D eigenvalue weighted by Gasteiger charge is 2.71. The van der Waals surface area contributed by atoms with Gasteiger partial charge >= 0.3 is 5.97 Å². The molecule has 41 heavy (non-hydrogen) atoms. The summed E-state index contributed by atoms with van der Waals surface area (Å²) in [5.74, 6) is -0.781. The molecule has 4 saturated carbocycles. The van der Waals surface area contributed by atoms with E-state index in [4.69, 9.17) is 23.7 Å². The SMILES string of the molecule is C[C@H]1O[C@@H](O[C@H]2CC[C@]3(CO)[C@H]4CC[C@]5(C)[C@@H](C6=CC(=O)OC6)CC[C@]5(O)[C@@H]4CC[C@]3(O)C2)C[C@@H]2OC(C)(C)O[C@@H]21. The molecule has 3 heterocycles. The highest BCUT2D eigenvalue weighted by Crippen LogP contribution is 2.70. The van der Waals surface area contributed by atoms with E-state index in [0.717, 1.165) is 31.3 Å². The molecule has 0 aromatic heterocycles. The number of esters is 1. The van der Waals surface area contributed by atoms with E-state index in [1.807, 2.05) is 20.8 Å². The van der Waals surface area contributed by atoms with Crippen LogP contribution in [0.1, 0.15) is 91.9 Å². The van der Waals surface area contributed by atoms with Crippen molar-refractivity contribution in [1.82, 2.24) is 0 Å². The maximum atomic E-state index is 12.5. The third-order valence-corrected chi connectivity index (χ3v) is 12.9. The molecule has 12 atom stereocenters. The Labute approximate surface area is 242 Å². The van der Waals surface area contributed by atoms with Crippen LogP contribution in [-0.2, 0) is 28.5 Å². The van der Waals surface area contributed by atoms with Gasteiger partial charge in [0.15, 0.2) is 12.1 Å². The smallest absolute Gasteiger partial charge is 0.331 e. The number of carbonyl (C=O) groups excluding carboxylic acids is 1. The number of hydrogen-bond donors (Lipinski definition) is 3. The molecular formula is C32H48O9. The summed E-state index contributed by atoms with van der Waals surface area (Å²) in [7, 11) is 0. The third-order valence-electron chi connectivity index (χ3n) is 12.9. The second-order valence-electron chi connectivity index (χ2n) is 15.0. The molecule has 6 fully saturated rings. The fraction of sp³-hybridized carbons (Fsp3) is 0.906. The van der Waals surface area contributed by atoms with Gasteiger partial charge in [-0.15, -0.1) is 0 Å². The van der Waals surface area contributed by atoms with Crippen molar-refractivity contribution < 1.29 is 43.8 Å². The van der Waals surface area contributed by atoms with E-state index >= 15 is 0 Å². The molecule has 0 bridgehead atoms. The van der Waals surface area contributed by atoms with Crippen LogP contribution in [0.15, 0.2) is 11.6 Å². The Kier molecular flexibility index (Phi) is 6.62. The summed E-state index contributed by atoms with van der Waals surface area (Å²) < 4.78 is 30.1. The first-order valence-electron chi connectivity index (χ1n) is 15.9. The average molecular weight is 577 g/mol. The van der Waals surface area contributed by atoms with Crippen LogP contribution >= 0.6 is 0 Å². The lowest BCUT2D eigenvalue weighted by atomic mass is 9.41. The zero-order valence-corrected chi connectivity index (χ0v) is 25.0. The van der Waals surface area contributed by atoms with Crippen molar-refractivity contribution in [2.75, 3.05) is 13.2 Å². The summed E-state index contributed by atoms with van der Waals surface area (Å²) >= 11 is 0. The molecule has 7 rings (SSSR count). The minimum Gasteiger partial charge on any atom is -0.458 e. The lowest BCUT2D eigenvalue weighted by Gasteiger charge is -2.66. The van der Waals surface area contributed by atoms with Gasteiger partial charge in [-0.3, -0.25) is 0 Å². The van der Waals surface area contributed by atoms with Crippen LogP contribution in [0, 0.1) is 28.6 Å². The van der Waals surface area contributed by atoms with Crippen LogP contribution in [0.3, 0.4) is 0 Å². The van der Waals surface area contributed by atoms with Crippen molar-refractivity contribution in [2.45, 2.75) is 140 Å². The zero-order chi connectivity index (χ0) is 29.0. The van der Waals surface area contributed by atoms with Crippen LogP contribution in [0.4, 0.5) is 0 Å². The van der Waals surface area contributed by atoms with Gasteiger partial charge in [-0.2, -0.15) is 0 Å². The van der Waals surface area contributed by atoms with Gasteiger partial charge in [-0.25, -0.2) is 4.79 Å². The van der Waals surface area contributed by atoms with Gasteiger partial charge in [0.25, 0.3) is 0 Å². The number of rotatable bonds is 4. The number of hydrogen-bond acceptors (Lipinski definition) is 9. The van der Waals surface area contributed by atoms with Gasteiger partial charge in [-0.1, -0.05) is 6.92 Å². The molecule has 0 radical (unpaired) electrons. The number of ether oxygens (including phenoxy) is 5. The first-order valence-corrected chi connectivity index (χ1v) is 15.9. The Morgan fingerprint density at radius 2 is 1.78 bits per heavy atom. The Bertz CT molecular complexity index is 1110. The maximum absolute atomic E-state index is 12.5. The number of fused-ring (bicyclic) bond motifs is 6. The molecule has 230 valence electrons. The van der Waals surface area contributed by atoms with E-state index in [1.54, 1.807) is 6.08 Å². The predicted molar refractivity (Wildman–Crippen MR) is 146 cm³/mol. The minimum absolute atomic E-state index is 0.00269. The van der Waals surface area contributed by atoms with E-state index in [2.05, 4.69) is 6.92 Å². The van der Waals surface area contributed by atoms with Gasteiger partial charge in [-0.05, 0) is 95.5 Å². The summed E-state index contributed by atoms with van der Waals surface area (Å²) in [5, 5.41) is 35.8. The standard InChI is InChI=1S/C32H48O9/c1-18-27-24(40-28(2,3)41-27)14-26(38-18)39-20-5-10-30(17-33)22-6-9-29(4)21(19-13-25(34)37-16-19)8-12-32(29,36)23(22)7-11-31(30,35)15-20/h13,18,20-24,26-27,33,35-36H,5-12,14-17H2,1-4H3/t18-,20+,21-,22+,23-,24+,26+,27-,29-,30+,31+,32+/m1/s1. The van der Waals surface area contributed by atoms with Crippen molar-refractivity contribution in [2.24, 2.45) is 28.6 Å². The van der Waals surface area contributed by atoms with Gasteiger partial charge < -0.3 is 39.0 Å². The van der Waals surface area contributed by atoms with E-state index in [9.17, 15) is 20.1 Å². The summed E-state index contributed by atoms with van der Waals surface area (Å²) in [6, 6.07) is 0. The molecular weight excluding hydrogens is 528 g/mol. The molecule has 9 heteroatoms. The zero-order valence-electron chi connectivity index (χ0n) is 25.0. The first kappa shape index (κ1) is 28.7. The highest BCUT2D eigenvalue weighted by molar-refractivity contribution is 5.85. The van der Waals surface area contributed by atoms with Crippen molar-refractivity contribution in [3.8, 4) is 0 Å². The van der Waals surface area contributed by atoms with E-state index in [0.29, 0.717) is 45.1 Å². The number of aliphatic hydroxyl groups is 3. The largest absolute Gasteiger partial charge is 0.458 e. The van der Waals surface area contributed by atoms with Crippen molar-refractivity contribution in [3.63, 3.8) is 0 Å². The molecule has 0 spiro atoms. The molecule has 0 aromatic carbocycles. The highest BCUT2D eigenvalue weighted by atomic mass is 16.8. The predicted octanol–water partition coefficient (Wildman–Crippen LogP) is 3.37. The Morgan fingerprint density at radius 3 is 2.51 bits per heavy atom. The molecule has 0 unspecified atom stereocenters. The third kappa shape index (κ3) is 4.09. The summed E-state index contributed by atoms with van der Waals surface area (Å²) in [6.45, 7) is 8.26. The first-order chi connectivity index (χ1) is 19.3. The van der Waals surface area contributed by atoms with Crippen LogP contribution in [-0.4, -0.2) is 82.2 Å². The average Bonchev–Trinajstić information content (AvgIpc) is 3.55. The van der Waals surface area contributed by atoms with Crippen molar-refractivity contribution in [3.05, 3.63) is 11.6 Å². The van der Waals surface area contributed by atoms with Crippen LogP contribution < -0.4 is 0 Å².